The SMILES string of the molecule is NCCOc1ccc(CC(=O)N2CCNC(=O)[C@@H]2c2cccc(F)c2)cc1. The Morgan fingerprint density at radius 1 is 1.26 bits per heavy atom. The number of amides is 2. The first-order chi connectivity index (χ1) is 13.1. The summed E-state index contributed by atoms with van der Waals surface area (Å²) < 4.78 is 19.0. The van der Waals surface area contributed by atoms with Gasteiger partial charge in [-0.3, -0.25) is 9.59 Å². The summed E-state index contributed by atoms with van der Waals surface area (Å²) >= 11 is 0. The fourth-order valence-electron chi connectivity index (χ4n) is 3.10. The fourth-order valence-corrected chi connectivity index (χ4v) is 3.10. The van der Waals surface area contributed by atoms with Crippen LogP contribution in [0.1, 0.15) is 17.2 Å². The van der Waals surface area contributed by atoms with Crippen LogP contribution in [0.5, 0.6) is 5.75 Å². The standard InChI is InChI=1S/C20H22FN3O3/c21-16-3-1-2-15(13-16)19-20(26)23-9-10-24(19)18(25)12-14-4-6-17(7-5-14)27-11-8-22/h1-7,13,19H,8-12,22H2,(H,23,26)/t19-/m0/s1. The van der Waals surface area contributed by atoms with Crippen LogP contribution in [-0.2, 0) is 16.0 Å². The van der Waals surface area contributed by atoms with Crippen molar-refractivity contribution in [2.45, 2.75) is 12.5 Å². The van der Waals surface area contributed by atoms with Gasteiger partial charge in [0.05, 0.1) is 6.42 Å². The molecule has 1 aliphatic rings. The average Bonchev–Trinajstić information content (AvgIpc) is 2.67. The highest BCUT2D eigenvalue weighted by atomic mass is 19.1. The Balaban J connectivity index is 1.74. The third kappa shape index (κ3) is 4.62. The molecule has 6 nitrogen and oxygen atoms in total. The zero-order chi connectivity index (χ0) is 19.2. The van der Waals surface area contributed by atoms with Crippen molar-refractivity contribution in [2.75, 3.05) is 26.2 Å². The lowest BCUT2D eigenvalue weighted by Crippen LogP contribution is -2.52. The van der Waals surface area contributed by atoms with Gasteiger partial charge in [-0.05, 0) is 35.4 Å². The molecular formula is C20H22FN3O3. The summed E-state index contributed by atoms with van der Waals surface area (Å²) in [5.74, 6) is -0.238. The van der Waals surface area contributed by atoms with Crippen molar-refractivity contribution < 1.29 is 18.7 Å². The topological polar surface area (TPSA) is 84.7 Å². The number of benzene rings is 2. The molecule has 142 valence electrons. The van der Waals surface area contributed by atoms with Gasteiger partial charge in [0.2, 0.25) is 11.8 Å². The van der Waals surface area contributed by atoms with Gasteiger partial charge in [-0.15, -0.1) is 0 Å². The van der Waals surface area contributed by atoms with Crippen molar-refractivity contribution in [1.82, 2.24) is 10.2 Å². The highest BCUT2D eigenvalue weighted by Crippen LogP contribution is 2.25. The van der Waals surface area contributed by atoms with Crippen LogP contribution in [0.3, 0.4) is 0 Å². The van der Waals surface area contributed by atoms with Crippen LogP contribution in [-0.4, -0.2) is 43.0 Å². The third-order valence-corrected chi connectivity index (χ3v) is 4.36. The minimum Gasteiger partial charge on any atom is -0.492 e. The van der Waals surface area contributed by atoms with Crippen LogP contribution in [0, 0.1) is 5.82 Å². The van der Waals surface area contributed by atoms with Gasteiger partial charge in [0.1, 0.15) is 24.2 Å². The molecule has 0 spiro atoms. The molecule has 0 unspecified atom stereocenters. The fraction of sp³-hybridized carbons (Fsp3) is 0.300. The summed E-state index contributed by atoms with van der Waals surface area (Å²) in [7, 11) is 0. The van der Waals surface area contributed by atoms with E-state index in [2.05, 4.69) is 5.32 Å². The van der Waals surface area contributed by atoms with Crippen molar-refractivity contribution >= 4 is 11.8 Å². The quantitative estimate of drug-likeness (QED) is 0.804. The lowest BCUT2D eigenvalue weighted by Gasteiger charge is -2.35. The number of hydrogen-bond donors (Lipinski definition) is 2. The molecule has 0 aromatic heterocycles. The predicted octanol–water partition coefficient (Wildman–Crippen LogP) is 1.41. The molecule has 1 aliphatic heterocycles. The Bertz CT molecular complexity index is 810. The van der Waals surface area contributed by atoms with Gasteiger partial charge < -0.3 is 20.7 Å². The maximum absolute atomic E-state index is 13.6. The van der Waals surface area contributed by atoms with E-state index in [4.69, 9.17) is 10.5 Å². The molecule has 2 amide bonds. The number of nitrogens with zero attached hydrogens (tertiary/aromatic N) is 1. The lowest BCUT2D eigenvalue weighted by atomic mass is 10.0. The van der Waals surface area contributed by atoms with Crippen LogP contribution in [0.25, 0.3) is 0 Å². The van der Waals surface area contributed by atoms with Crippen molar-refractivity contribution in [1.29, 1.82) is 0 Å². The Morgan fingerprint density at radius 2 is 2.04 bits per heavy atom. The number of hydrogen-bond acceptors (Lipinski definition) is 4. The van der Waals surface area contributed by atoms with E-state index >= 15 is 0 Å². The first kappa shape index (κ1) is 18.8. The highest BCUT2D eigenvalue weighted by Gasteiger charge is 2.34. The zero-order valence-corrected chi connectivity index (χ0v) is 14.9. The Morgan fingerprint density at radius 3 is 2.74 bits per heavy atom. The number of carbonyl (C=O) groups excluding carboxylic acids is 2. The normalized spacial score (nSPS) is 16.7. The Kier molecular flexibility index (Phi) is 6.03. The van der Waals surface area contributed by atoms with E-state index < -0.39 is 11.9 Å². The van der Waals surface area contributed by atoms with Gasteiger partial charge in [-0.1, -0.05) is 24.3 Å². The number of halogens is 1. The molecule has 0 radical (unpaired) electrons. The molecule has 27 heavy (non-hydrogen) atoms. The van der Waals surface area contributed by atoms with Crippen LogP contribution < -0.4 is 15.8 Å². The lowest BCUT2D eigenvalue weighted by molar-refractivity contribution is -0.143. The molecule has 2 aromatic rings. The smallest absolute Gasteiger partial charge is 0.247 e. The first-order valence-electron chi connectivity index (χ1n) is 8.83. The number of carbonyl (C=O) groups is 2. The van der Waals surface area contributed by atoms with Crippen molar-refractivity contribution in [3.63, 3.8) is 0 Å². The van der Waals surface area contributed by atoms with Crippen LogP contribution in [0.4, 0.5) is 4.39 Å². The maximum atomic E-state index is 13.6. The van der Waals surface area contributed by atoms with Crippen LogP contribution >= 0.6 is 0 Å². The summed E-state index contributed by atoms with van der Waals surface area (Å²) in [6.45, 7) is 1.61. The molecule has 2 aromatic carbocycles. The van der Waals surface area contributed by atoms with Crippen LogP contribution in [0.2, 0.25) is 0 Å². The molecule has 1 atom stereocenters. The zero-order valence-electron chi connectivity index (χ0n) is 14.9. The average molecular weight is 371 g/mol. The Hall–Kier alpha value is -2.93. The van der Waals surface area contributed by atoms with E-state index in [0.29, 0.717) is 37.6 Å². The van der Waals surface area contributed by atoms with E-state index in [1.54, 1.807) is 18.2 Å². The minimum atomic E-state index is -0.825. The van der Waals surface area contributed by atoms with E-state index in [1.807, 2.05) is 12.1 Å². The molecule has 7 heteroatoms. The van der Waals surface area contributed by atoms with Crippen molar-refractivity contribution in [2.24, 2.45) is 5.73 Å². The summed E-state index contributed by atoms with van der Waals surface area (Å²) in [5.41, 5.74) is 6.68. The van der Waals surface area contributed by atoms with Crippen LogP contribution in [0.15, 0.2) is 48.5 Å². The number of nitrogens with one attached hydrogen (secondary N) is 1. The molecular weight excluding hydrogens is 349 g/mol. The summed E-state index contributed by atoms with van der Waals surface area (Å²) in [6, 6.07) is 12.2. The summed E-state index contributed by atoms with van der Waals surface area (Å²) in [6.07, 6.45) is 0.149. The molecule has 1 saturated heterocycles. The molecule has 0 aliphatic carbocycles. The van der Waals surface area contributed by atoms with Gasteiger partial charge in [0, 0.05) is 19.6 Å². The van der Waals surface area contributed by atoms with Gasteiger partial charge in [0.25, 0.3) is 0 Å². The van der Waals surface area contributed by atoms with E-state index in [-0.39, 0.29) is 18.2 Å². The summed E-state index contributed by atoms with van der Waals surface area (Å²) in [5, 5.41) is 2.74. The molecule has 3 N–H and O–H groups in total. The van der Waals surface area contributed by atoms with Gasteiger partial charge >= 0.3 is 0 Å². The number of ether oxygens (including phenoxy) is 1. The maximum Gasteiger partial charge on any atom is 0.247 e. The van der Waals surface area contributed by atoms with Gasteiger partial charge in [-0.2, -0.15) is 0 Å². The van der Waals surface area contributed by atoms with E-state index in [1.165, 1.54) is 23.1 Å². The van der Waals surface area contributed by atoms with Gasteiger partial charge in [0.15, 0.2) is 0 Å². The number of nitrogens with two attached hydrogens (primary N) is 1. The third-order valence-electron chi connectivity index (χ3n) is 4.36. The van der Waals surface area contributed by atoms with E-state index in [9.17, 15) is 14.0 Å². The molecule has 0 saturated carbocycles. The summed E-state index contributed by atoms with van der Waals surface area (Å²) in [4.78, 5) is 26.7. The largest absolute Gasteiger partial charge is 0.492 e. The second-order valence-corrected chi connectivity index (χ2v) is 6.29. The molecule has 3 rings (SSSR count). The van der Waals surface area contributed by atoms with Crippen molar-refractivity contribution in [3.05, 3.63) is 65.5 Å². The number of piperazine rings is 1. The molecule has 1 fully saturated rings. The van der Waals surface area contributed by atoms with Gasteiger partial charge in [-0.25, -0.2) is 4.39 Å². The Labute approximate surface area is 157 Å². The molecule has 1 heterocycles. The minimum absolute atomic E-state index is 0.149. The first-order valence-corrected chi connectivity index (χ1v) is 8.83. The van der Waals surface area contributed by atoms with Crippen molar-refractivity contribution in [3.8, 4) is 5.75 Å². The van der Waals surface area contributed by atoms with E-state index in [0.717, 1.165) is 5.56 Å². The predicted molar refractivity (Wildman–Crippen MR) is 98.6 cm³/mol. The monoisotopic (exact) mass is 371 g/mol. The highest BCUT2D eigenvalue weighted by molar-refractivity contribution is 5.90. The molecule has 0 bridgehead atoms. The number of rotatable bonds is 6. The second-order valence-electron chi connectivity index (χ2n) is 6.29. The second kappa shape index (κ2) is 8.64.